The topological polar surface area (TPSA) is 85.0 Å². The van der Waals surface area contributed by atoms with Crippen LogP contribution in [0.4, 0.5) is 0 Å². The minimum atomic E-state index is -1.01. The van der Waals surface area contributed by atoms with E-state index in [4.69, 9.17) is 4.74 Å². The third-order valence-corrected chi connectivity index (χ3v) is 5.29. The van der Waals surface area contributed by atoms with Crippen LogP contribution in [0.15, 0.2) is 59.5 Å². The SMILES string of the molecule is CC1(C)OC(=O)c2c1n(-c1cccc3cccnc13)c(=O)c1ccc(C#N)cc21. The molecule has 1 aliphatic heterocycles. The Bertz CT molecular complexity index is 1450. The van der Waals surface area contributed by atoms with Gasteiger partial charge in [0.25, 0.3) is 5.56 Å². The number of aromatic nitrogens is 2. The second kappa shape index (κ2) is 5.76. The van der Waals surface area contributed by atoms with E-state index in [0.717, 1.165) is 5.39 Å². The number of benzene rings is 2. The van der Waals surface area contributed by atoms with Crippen molar-refractivity contribution in [3.05, 3.63) is 81.9 Å². The largest absolute Gasteiger partial charge is 0.450 e. The molecule has 3 heterocycles. The van der Waals surface area contributed by atoms with Crippen LogP contribution in [0.1, 0.15) is 35.5 Å². The maximum Gasteiger partial charge on any atom is 0.341 e. The molecule has 0 bridgehead atoms. The van der Waals surface area contributed by atoms with E-state index in [0.29, 0.717) is 38.8 Å². The number of carbonyl (C=O) groups is 1. The van der Waals surface area contributed by atoms with Crippen molar-refractivity contribution in [2.75, 3.05) is 0 Å². The molecule has 29 heavy (non-hydrogen) atoms. The Kier molecular flexibility index (Phi) is 3.40. The van der Waals surface area contributed by atoms with Crippen molar-refractivity contribution in [3.63, 3.8) is 0 Å². The molecule has 1 aliphatic rings. The highest BCUT2D eigenvalue weighted by molar-refractivity contribution is 6.08. The first kappa shape index (κ1) is 17.1. The van der Waals surface area contributed by atoms with Gasteiger partial charge >= 0.3 is 5.97 Å². The number of cyclic esters (lactones) is 1. The predicted octanol–water partition coefficient (Wildman–Crippen LogP) is 3.82. The van der Waals surface area contributed by atoms with E-state index in [1.54, 1.807) is 38.2 Å². The lowest BCUT2D eigenvalue weighted by Crippen LogP contribution is -2.29. The van der Waals surface area contributed by atoms with E-state index in [1.807, 2.05) is 30.3 Å². The van der Waals surface area contributed by atoms with Gasteiger partial charge in [-0.15, -0.1) is 0 Å². The van der Waals surface area contributed by atoms with Gasteiger partial charge in [0.15, 0.2) is 0 Å². The summed E-state index contributed by atoms with van der Waals surface area (Å²) in [6.45, 7) is 3.51. The number of fused-ring (bicyclic) bond motifs is 4. The normalized spacial score (nSPS) is 14.6. The second-order valence-electron chi connectivity index (χ2n) is 7.49. The van der Waals surface area contributed by atoms with Crippen molar-refractivity contribution in [1.82, 2.24) is 9.55 Å². The van der Waals surface area contributed by atoms with Gasteiger partial charge < -0.3 is 4.74 Å². The first-order chi connectivity index (χ1) is 13.9. The zero-order valence-electron chi connectivity index (χ0n) is 15.8. The third-order valence-electron chi connectivity index (χ3n) is 5.29. The first-order valence-corrected chi connectivity index (χ1v) is 9.13. The van der Waals surface area contributed by atoms with Gasteiger partial charge in [0, 0.05) is 22.4 Å². The van der Waals surface area contributed by atoms with Crippen LogP contribution in [-0.4, -0.2) is 15.5 Å². The highest BCUT2D eigenvalue weighted by Crippen LogP contribution is 2.40. The fraction of sp³-hybridized carbons (Fsp3) is 0.130. The maximum atomic E-state index is 13.6. The molecule has 0 atom stereocenters. The van der Waals surface area contributed by atoms with E-state index in [2.05, 4.69) is 11.1 Å². The number of esters is 1. The summed E-state index contributed by atoms with van der Waals surface area (Å²) in [6.07, 6.45) is 1.67. The van der Waals surface area contributed by atoms with E-state index in [9.17, 15) is 14.9 Å². The molecule has 2 aromatic heterocycles. The lowest BCUT2D eigenvalue weighted by Gasteiger charge is -2.23. The maximum absolute atomic E-state index is 13.6. The molecule has 0 saturated carbocycles. The molecule has 0 amide bonds. The van der Waals surface area contributed by atoms with Crippen LogP contribution in [-0.2, 0) is 10.3 Å². The Labute approximate surface area is 165 Å². The number of carbonyl (C=O) groups excluding carboxylic acids is 1. The smallest absolute Gasteiger partial charge is 0.341 e. The minimum absolute atomic E-state index is 0.284. The van der Waals surface area contributed by atoms with Crippen LogP contribution in [0.25, 0.3) is 27.4 Å². The molecule has 6 nitrogen and oxygen atoms in total. The predicted molar refractivity (Wildman–Crippen MR) is 108 cm³/mol. The van der Waals surface area contributed by atoms with Gasteiger partial charge in [-0.1, -0.05) is 18.2 Å². The molecule has 6 heteroatoms. The second-order valence-corrected chi connectivity index (χ2v) is 7.49. The van der Waals surface area contributed by atoms with Gasteiger partial charge in [-0.3, -0.25) is 14.3 Å². The Morgan fingerprint density at radius 2 is 1.86 bits per heavy atom. The summed E-state index contributed by atoms with van der Waals surface area (Å²) >= 11 is 0. The number of nitrogens with zero attached hydrogens (tertiary/aromatic N) is 3. The number of nitriles is 1. The van der Waals surface area contributed by atoms with E-state index < -0.39 is 11.6 Å². The Hall–Kier alpha value is -3.98. The number of hydrogen-bond donors (Lipinski definition) is 0. The van der Waals surface area contributed by atoms with Gasteiger partial charge in [-0.2, -0.15) is 5.26 Å². The summed E-state index contributed by atoms with van der Waals surface area (Å²) in [7, 11) is 0. The number of hydrogen-bond acceptors (Lipinski definition) is 5. The van der Waals surface area contributed by atoms with Gasteiger partial charge in [0.2, 0.25) is 0 Å². The molecule has 4 aromatic rings. The van der Waals surface area contributed by atoms with Crippen molar-refractivity contribution >= 4 is 27.6 Å². The molecule has 0 fully saturated rings. The lowest BCUT2D eigenvalue weighted by molar-refractivity contribution is 0.00771. The van der Waals surface area contributed by atoms with Crippen LogP contribution in [0, 0.1) is 11.3 Å². The van der Waals surface area contributed by atoms with Crippen LogP contribution >= 0.6 is 0 Å². The van der Waals surface area contributed by atoms with E-state index in [1.165, 1.54) is 4.57 Å². The van der Waals surface area contributed by atoms with Gasteiger partial charge in [-0.25, -0.2) is 4.79 Å². The molecule has 5 rings (SSSR count). The molecule has 0 spiro atoms. The van der Waals surface area contributed by atoms with Crippen LogP contribution in [0.3, 0.4) is 0 Å². The van der Waals surface area contributed by atoms with Crippen molar-refractivity contribution in [2.45, 2.75) is 19.4 Å². The monoisotopic (exact) mass is 381 g/mol. The first-order valence-electron chi connectivity index (χ1n) is 9.13. The van der Waals surface area contributed by atoms with Crippen LogP contribution in [0.2, 0.25) is 0 Å². The average Bonchev–Trinajstić information content (AvgIpc) is 2.96. The van der Waals surface area contributed by atoms with Crippen LogP contribution < -0.4 is 5.56 Å². The van der Waals surface area contributed by atoms with Crippen molar-refractivity contribution in [2.24, 2.45) is 0 Å². The van der Waals surface area contributed by atoms with E-state index in [-0.39, 0.29) is 5.56 Å². The Balaban J connectivity index is 2.03. The molecular formula is C23H15N3O3. The summed E-state index contributed by atoms with van der Waals surface area (Å²) < 4.78 is 7.16. The fourth-order valence-electron chi connectivity index (χ4n) is 4.07. The van der Waals surface area contributed by atoms with Gasteiger partial charge in [0.1, 0.15) is 5.60 Å². The number of pyridine rings is 2. The summed E-state index contributed by atoms with van der Waals surface area (Å²) in [4.78, 5) is 30.9. The highest BCUT2D eigenvalue weighted by atomic mass is 16.6. The van der Waals surface area contributed by atoms with Crippen molar-refractivity contribution in [1.29, 1.82) is 5.26 Å². The zero-order valence-corrected chi connectivity index (χ0v) is 15.8. The van der Waals surface area contributed by atoms with Crippen molar-refractivity contribution < 1.29 is 9.53 Å². The molecule has 0 saturated heterocycles. The van der Waals surface area contributed by atoms with Gasteiger partial charge in [-0.05, 0) is 44.2 Å². The quantitative estimate of drug-likeness (QED) is 0.468. The van der Waals surface area contributed by atoms with Crippen molar-refractivity contribution in [3.8, 4) is 11.8 Å². The summed E-state index contributed by atoms with van der Waals surface area (Å²) in [5.74, 6) is -0.507. The van der Waals surface area contributed by atoms with Gasteiger partial charge in [0.05, 0.1) is 34.1 Å². The fourth-order valence-corrected chi connectivity index (χ4v) is 4.07. The molecule has 2 aromatic carbocycles. The minimum Gasteiger partial charge on any atom is -0.450 e. The lowest BCUT2D eigenvalue weighted by atomic mass is 9.95. The molecule has 0 radical (unpaired) electrons. The standard InChI is InChI=1S/C23H15N3O3/c1-23(2)20-18(22(28)29-23)16-11-13(12-24)8-9-15(16)21(27)26(20)17-7-3-5-14-6-4-10-25-19(14)17/h3-11H,1-2H3. The number of ether oxygens (including phenoxy) is 1. The highest BCUT2D eigenvalue weighted by Gasteiger charge is 2.43. The Morgan fingerprint density at radius 3 is 2.66 bits per heavy atom. The number of para-hydroxylation sites is 1. The summed E-state index contributed by atoms with van der Waals surface area (Å²) in [6, 6.07) is 16.1. The number of rotatable bonds is 1. The molecule has 0 unspecified atom stereocenters. The Morgan fingerprint density at radius 1 is 1.07 bits per heavy atom. The molecule has 0 aliphatic carbocycles. The summed E-state index contributed by atoms with van der Waals surface area (Å²) in [5, 5.41) is 10.9. The molecular weight excluding hydrogens is 366 g/mol. The molecule has 140 valence electrons. The van der Waals surface area contributed by atoms with Crippen LogP contribution in [0.5, 0.6) is 0 Å². The third kappa shape index (κ3) is 2.31. The van der Waals surface area contributed by atoms with E-state index >= 15 is 0 Å². The average molecular weight is 381 g/mol. The zero-order chi connectivity index (χ0) is 20.3. The molecule has 0 N–H and O–H groups in total. The summed E-state index contributed by atoms with van der Waals surface area (Å²) in [5.41, 5.74) is 1.10.